The quantitative estimate of drug-likeness (QED) is 0.775. The van der Waals surface area contributed by atoms with Gasteiger partial charge in [0.15, 0.2) is 0 Å². The first-order valence-electron chi connectivity index (χ1n) is 6.84. The van der Waals surface area contributed by atoms with Crippen molar-refractivity contribution in [3.8, 4) is 0 Å². The van der Waals surface area contributed by atoms with E-state index in [-0.39, 0.29) is 0 Å². The molecule has 1 aromatic heterocycles. The summed E-state index contributed by atoms with van der Waals surface area (Å²) in [6.07, 6.45) is 2.93. The molecule has 2 rings (SSSR count). The van der Waals surface area contributed by atoms with E-state index in [1.807, 2.05) is 12.1 Å². The molecule has 0 bridgehead atoms. The molecule has 1 fully saturated rings. The van der Waals surface area contributed by atoms with Crippen molar-refractivity contribution in [2.75, 3.05) is 44.8 Å². The van der Waals surface area contributed by atoms with Gasteiger partial charge in [-0.3, -0.25) is 4.90 Å². The van der Waals surface area contributed by atoms with Gasteiger partial charge in [0, 0.05) is 51.2 Å². The number of halogens is 1. The average Bonchev–Trinajstić information content (AvgIpc) is 2.45. The van der Waals surface area contributed by atoms with Gasteiger partial charge < -0.3 is 9.64 Å². The molecule has 0 spiro atoms. The smallest absolute Gasteiger partial charge is 0.131 e. The van der Waals surface area contributed by atoms with Crippen LogP contribution in [0.4, 0.5) is 5.69 Å². The summed E-state index contributed by atoms with van der Waals surface area (Å²) in [4.78, 5) is 8.95. The van der Waals surface area contributed by atoms with Crippen molar-refractivity contribution in [1.82, 2.24) is 9.88 Å². The van der Waals surface area contributed by atoms with Crippen LogP contribution in [-0.2, 0) is 4.74 Å². The molecule has 5 heteroatoms. The molecule has 0 aromatic carbocycles. The van der Waals surface area contributed by atoms with Gasteiger partial charge in [-0.25, -0.2) is 4.98 Å². The lowest BCUT2D eigenvalue weighted by Gasteiger charge is -2.42. The van der Waals surface area contributed by atoms with Crippen molar-refractivity contribution in [2.24, 2.45) is 0 Å². The summed E-state index contributed by atoms with van der Waals surface area (Å²) in [5.41, 5.74) is 1.17. The molecular formula is C14H22ClN3O. The molecule has 1 aromatic rings. The van der Waals surface area contributed by atoms with Crippen LogP contribution in [0.15, 0.2) is 18.3 Å². The maximum Gasteiger partial charge on any atom is 0.131 e. The minimum Gasteiger partial charge on any atom is -0.383 e. The molecule has 0 saturated carbocycles. The van der Waals surface area contributed by atoms with Crippen LogP contribution >= 0.6 is 11.6 Å². The van der Waals surface area contributed by atoms with E-state index in [0.717, 1.165) is 39.2 Å². The molecule has 1 aliphatic rings. The Morgan fingerprint density at radius 1 is 1.47 bits per heavy atom. The summed E-state index contributed by atoms with van der Waals surface area (Å²) in [6.45, 7) is 7.20. The highest BCUT2D eigenvalue weighted by Crippen LogP contribution is 2.22. The lowest BCUT2D eigenvalue weighted by atomic mass is 10.1. The van der Waals surface area contributed by atoms with Crippen LogP contribution in [0, 0.1) is 0 Å². The monoisotopic (exact) mass is 283 g/mol. The summed E-state index contributed by atoms with van der Waals surface area (Å²) in [7, 11) is 1.76. The number of hydrogen-bond acceptors (Lipinski definition) is 4. The summed E-state index contributed by atoms with van der Waals surface area (Å²) in [5.74, 6) is 0. The molecule has 1 atom stereocenters. The van der Waals surface area contributed by atoms with Crippen LogP contribution in [0.2, 0.25) is 5.15 Å². The molecule has 1 unspecified atom stereocenters. The average molecular weight is 284 g/mol. The highest BCUT2D eigenvalue weighted by atomic mass is 35.5. The zero-order chi connectivity index (χ0) is 13.7. The van der Waals surface area contributed by atoms with Gasteiger partial charge in [-0.1, -0.05) is 18.5 Å². The second kappa shape index (κ2) is 7.08. The second-order valence-corrected chi connectivity index (χ2v) is 5.26. The molecule has 1 aliphatic heterocycles. The molecule has 2 heterocycles. The number of methoxy groups -OCH3 is 1. The number of nitrogens with zero attached hydrogens (tertiary/aromatic N) is 3. The highest BCUT2D eigenvalue weighted by Gasteiger charge is 2.25. The zero-order valence-corrected chi connectivity index (χ0v) is 12.4. The van der Waals surface area contributed by atoms with Crippen molar-refractivity contribution in [3.05, 3.63) is 23.5 Å². The molecule has 106 valence electrons. The van der Waals surface area contributed by atoms with Gasteiger partial charge in [0.1, 0.15) is 5.15 Å². The summed E-state index contributed by atoms with van der Waals surface area (Å²) in [5, 5.41) is 0.562. The van der Waals surface area contributed by atoms with E-state index in [4.69, 9.17) is 16.3 Å². The highest BCUT2D eigenvalue weighted by molar-refractivity contribution is 6.29. The predicted octanol–water partition coefficient (Wildman–Crippen LogP) is 2.28. The number of hydrogen-bond donors (Lipinski definition) is 0. The Bertz CT molecular complexity index is 402. The summed E-state index contributed by atoms with van der Waals surface area (Å²) in [6, 6.07) is 4.55. The largest absolute Gasteiger partial charge is 0.383 e. The summed E-state index contributed by atoms with van der Waals surface area (Å²) < 4.78 is 5.18. The van der Waals surface area contributed by atoms with Crippen LogP contribution in [0.3, 0.4) is 0 Å². The maximum atomic E-state index is 5.97. The van der Waals surface area contributed by atoms with Gasteiger partial charge in [0.25, 0.3) is 0 Å². The molecule has 1 saturated heterocycles. The van der Waals surface area contributed by atoms with Crippen LogP contribution in [0.25, 0.3) is 0 Å². The SMILES string of the molecule is CCC1CN(c2ccnc(Cl)c2)CCN1CCOC. The Labute approximate surface area is 120 Å². The van der Waals surface area contributed by atoms with E-state index >= 15 is 0 Å². The zero-order valence-electron chi connectivity index (χ0n) is 11.7. The third-order valence-corrected chi connectivity index (χ3v) is 3.94. The first-order valence-corrected chi connectivity index (χ1v) is 7.22. The number of ether oxygens (including phenoxy) is 1. The van der Waals surface area contributed by atoms with Crippen molar-refractivity contribution in [3.63, 3.8) is 0 Å². The molecule has 4 nitrogen and oxygen atoms in total. The van der Waals surface area contributed by atoms with Gasteiger partial charge >= 0.3 is 0 Å². The van der Waals surface area contributed by atoms with E-state index in [2.05, 4.69) is 21.7 Å². The van der Waals surface area contributed by atoms with Crippen molar-refractivity contribution in [2.45, 2.75) is 19.4 Å². The lowest BCUT2D eigenvalue weighted by molar-refractivity contribution is 0.109. The Kier molecular flexibility index (Phi) is 5.43. The topological polar surface area (TPSA) is 28.6 Å². The minimum absolute atomic E-state index is 0.562. The third-order valence-electron chi connectivity index (χ3n) is 3.73. The standard InChI is InChI=1S/C14H22ClN3O/c1-3-12-11-18(7-6-17(12)8-9-19-2)13-4-5-16-14(15)10-13/h4-5,10,12H,3,6-9,11H2,1-2H3. The van der Waals surface area contributed by atoms with Crippen LogP contribution < -0.4 is 4.90 Å². The van der Waals surface area contributed by atoms with Crippen LogP contribution in [0.5, 0.6) is 0 Å². The summed E-state index contributed by atoms with van der Waals surface area (Å²) >= 11 is 5.97. The van der Waals surface area contributed by atoms with E-state index in [1.165, 1.54) is 5.69 Å². The number of rotatable bonds is 5. The molecular weight excluding hydrogens is 262 g/mol. The first-order chi connectivity index (χ1) is 9.24. The van der Waals surface area contributed by atoms with Gasteiger partial charge in [0.2, 0.25) is 0 Å². The molecule has 0 amide bonds. The van der Waals surface area contributed by atoms with E-state index in [1.54, 1.807) is 13.3 Å². The Hall–Kier alpha value is -0.840. The second-order valence-electron chi connectivity index (χ2n) is 4.87. The van der Waals surface area contributed by atoms with Crippen LogP contribution in [0.1, 0.15) is 13.3 Å². The molecule has 0 N–H and O–H groups in total. The van der Waals surface area contributed by atoms with Crippen molar-refractivity contribution < 1.29 is 4.74 Å². The minimum atomic E-state index is 0.562. The van der Waals surface area contributed by atoms with Gasteiger partial charge in [-0.05, 0) is 18.6 Å². The normalized spacial score (nSPS) is 20.8. The van der Waals surface area contributed by atoms with Gasteiger partial charge in [-0.2, -0.15) is 0 Å². The number of pyridine rings is 1. The molecule has 19 heavy (non-hydrogen) atoms. The number of anilines is 1. The van der Waals surface area contributed by atoms with Crippen LogP contribution in [-0.4, -0.2) is 55.8 Å². The maximum absolute atomic E-state index is 5.97. The van der Waals surface area contributed by atoms with E-state index in [9.17, 15) is 0 Å². The number of aromatic nitrogens is 1. The van der Waals surface area contributed by atoms with E-state index < -0.39 is 0 Å². The molecule has 0 aliphatic carbocycles. The fourth-order valence-electron chi connectivity index (χ4n) is 2.61. The fourth-order valence-corrected chi connectivity index (χ4v) is 2.77. The van der Waals surface area contributed by atoms with E-state index in [0.29, 0.717) is 11.2 Å². The Balaban J connectivity index is 2.00. The Morgan fingerprint density at radius 3 is 3.00 bits per heavy atom. The fraction of sp³-hybridized carbons (Fsp3) is 0.643. The van der Waals surface area contributed by atoms with Gasteiger partial charge in [0.05, 0.1) is 6.61 Å². The first kappa shape index (κ1) is 14.6. The predicted molar refractivity (Wildman–Crippen MR) is 79.0 cm³/mol. The lowest BCUT2D eigenvalue weighted by Crippen LogP contribution is -2.53. The number of piperazine rings is 1. The molecule has 0 radical (unpaired) electrons. The third kappa shape index (κ3) is 3.81. The van der Waals surface area contributed by atoms with Crippen molar-refractivity contribution in [1.29, 1.82) is 0 Å². The van der Waals surface area contributed by atoms with Gasteiger partial charge in [-0.15, -0.1) is 0 Å². The van der Waals surface area contributed by atoms with Crippen molar-refractivity contribution >= 4 is 17.3 Å². The Morgan fingerprint density at radius 2 is 2.32 bits per heavy atom.